The molecule has 4 aromatic rings. The number of aromatic amines is 1. The van der Waals surface area contributed by atoms with E-state index in [1.165, 1.54) is 36.1 Å². The lowest BCUT2D eigenvalue weighted by Gasteiger charge is -2.05. The minimum atomic E-state index is -0.934. The van der Waals surface area contributed by atoms with E-state index in [1.807, 2.05) is 6.26 Å². The number of imidazole rings is 1. The molecule has 3 aromatic heterocycles. The number of H-pyrrole nitrogens is 1. The first kappa shape index (κ1) is 22.6. The number of nitrogens with zero attached hydrogens (tertiary/aromatic N) is 2. The van der Waals surface area contributed by atoms with E-state index in [9.17, 15) is 18.4 Å². The van der Waals surface area contributed by atoms with E-state index in [2.05, 4.69) is 25.6 Å². The number of thiophene rings is 1. The Morgan fingerprint density at radius 3 is 2.58 bits per heavy atom. The van der Waals surface area contributed by atoms with Crippen LogP contribution >= 0.6 is 23.1 Å². The largest absolute Gasteiger partial charge is 0.332 e. The molecule has 0 unspecified atom stereocenters. The smallest absolute Gasteiger partial charge is 0.261 e. The summed E-state index contributed by atoms with van der Waals surface area (Å²) in [7, 11) is 0. The summed E-state index contributed by atoms with van der Waals surface area (Å²) in [5.74, 6) is -2.59. The molecule has 0 aliphatic heterocycles. The number of amides is 2. The maximum absolute atomic E-state index is 13.9. The summed E-state index contributed by atoms with van der Waals surface area (Å²) in [6.07, 6.45) is 3.45. The Kier molecular flexibility index (Phi) is 6.52. The SMILES string of the molecule is CSc1nc(-c2ccnc(NC(C)=O)c2)c(-c2cc(NC(=O)c3c(F)cccc3F)cs2)[nH]1. The minimum absolute atomic E-state index is 0.239. The number of aromatic nitrogens is 3. The van der Waals surface area contributed by atoms with Crippen LogP contribution in [0.15, 0.2) is 53.1 Å². The zero-order valence-corrected chi connectivity index (χ0v) is 19.0. The molecule has 33 heavy (non-hydrogen) atoms. The summed E-state index contributed by atoms with van der Waals surface area (Å²) in [5.41, 5.74) is 1.81. The average molecular weight is 486 g/mol. The van der Waals surface area contributed by atoms with Gasteiger partial charge in [-0.2, -0.15) is 0 Å². The van der Waals surface area contributed by atoms with E-state index in [0.717, 1.165) is 22.6 Å². The molecule has 0 fully saturated rings. The van der Waals surface area contributed by atoms with Gasteiger partial charge in [0.1, 0.15) is 23.0 Å². The Hall–Kier alpha value is -3.57. The van der Waals surface area contributed by atoms with Gasteiger partial charge >= 0.3 is 0 Å². The molecule has 0 radical (unpaired) electrons. The summed E-state index contributed by atoms with van der Waals surface area (Å²) in [5, 5.41) is 7.52. The Balaban J connectivity index is 1.65. The summed E-state index contributed by atoms with van der Waals surface area (Å²) < 4.78 is 27.8. The van der Waals surface area contributed by atoms with Crippen LogP contribution in [0.4, 0.5) is 20.3 Å². The number of carbonyl (C=O) groups is 2. The fourth-order valence-corrected chi connectivity index (χ4v) is 4.33. The normalized spacial score (nSPS) is 10.8. The van der Waals surface area contributed by atoms with Crippen molar-refractivity contribution in [1.82, 2.24) is 15.0 Å². The summed E-state index contributed by atoms with van der Waals surface area (Å²) in [4.78, 5) is 36.5. The van der Waals surface area contributed by atoms with Crippen molar-refractivity contribution in [3.63, 3.8) is 0 Å². The van der Waals surface area contributed by atoms with Crippen molar-refractivity contribution in [1.29, 1.82) is 0 Å². The highest BCUT2D eigenvalue weighted by Gasteiger charge is 2.20. The number of rotatable bonds is 6. The molecule has 3 heterocycles. The molecule has 11 heteroatoms. The first-order valence-corrected chi connectivity index (χ1v) is 11.7. The van der Waals surface area contributed by atoms with E-state index >= 15 is 0 Å². The van der Waals surface area contributed by atoms with Crippen LogP contribution in [0.1, 0.15) is 17.3 Å². The summed E-state index contributed by atoms with van der Waals surface area (Å²) in [6, 6.07) is 8.43. The number of thioether (sulfide) groups is 1. The maximum Gasteiger partial charge on any atom is 0.261 e. The molecule has 0 saturated heterocycles. The van der Waals surface area contributed by atoms with Gasteiger partial charge < -0.3 is 15.6 Å². The number of nitrogens with one attached hydrogen (secondary N) is 3. The van der Waals surface area contributed by atoms with E-state index in [-0.39, 0.29) is 5.91 Å². The number of pyridine rings is 1. The molecule has 0 aliphatic carbocycles. The molecule has 2 amide bonds. The lowest BCUT2D eigenvalue weighted by molar-refractivity contribution is -0.114. The number of halogens is 2. The molecule has 0 bridgehead atoms. The van der Waals surface area contributed by atoms with Gasteiger partial charge in [-0.25, -0.2) is 18.7 Å². The minimum Gasteiger partial charge on any atom is -0.332 e. The predicted molar refractivity (Wildman–Crippen MR) is 126 cm³/mol. The molecular formula is C22H17F2N5O2S2. The highest BCUT2D eigenvalue weighted by Crippen LogP contribution is 2.37. The number of carbonyl (C=O) groups excluding carboxylic acids is 2. The van der Waals surface area contributed by atoms with Gasteiger partial charge in [0, 0.05) is 24.1 Å². The van der Waals surface area contributed by atoms with Crippen LogP contribution in [0.5, 0.6) is 0 Å². The van der Waals surface area contributed by atoms with Crippen molar-refractivity contribution in [2.75, 3.05) is 16.9 Å². The molecular weight excluding hydrogens is 468 g/mol. The molecule has 0 saturated carbocycles. The van der Waals surface area contributed by atoms with E-state index in [4.69, 9.17) is 0 Å². The monoisotopic (exact) mass is 485 g/mol. The highest BCUT2D eigenvalue weighted by atomic mass is 32.2. The number of benzene rings is 1. The lowest BCUT2D eigenvalue weighted by Crippen LogP contribution is -2.15. The van der Waals surface area contributed by atoms with E-state index in [0.29, 0.717) is 28.0 Å². The Labute approximate surface area is 195 Å². The van der Waals surface area contributed by atoms with Crippen LogP contribution in [0.2, 0.25) is 0 Å². The van der Waals surface area contributed by atoms with E-state index < -0.39 is 23.1 Å². The molecule has 1 aromatic carbocycles. The third-order valence-corrected chi connectivity index (χ3v) is 6.03. The molecule has 3 N–H and O–H groups in total. The van der Waals surface area contributed by atoms with Gasteiger partial charge in [-0.3, -0.25) is 9.59 Å². The Morgan fingerprint density at radius 2 is 1.88 bits per heavy atom. The van der Waals surface area contributed by atoms with Crippen molar-refractivity contribution < 1.29 is 18.4 Å². The van der Waals surface area contributed by atoms with Crippen molar-refractivity contribution in [2.24, 2.45) is 0 Å². The number of anilines is 2. The van der Waals surface area contributed by atoms with Crippen molar-refractivity contribution in [3.8, 4) is 21.8 Å². The van der Waals surface area contributed by atoms with Gasteiger partial charge in [-0.1, -0.05) is 17.8 Å². The third kappa shape index (κ3) is 4.94. The quantitative estimate of drug-likeness (QED) is 0.317. The summed E-state index contributed by atoms with van der Waals surface area (Å²) in [6.45, 7) is 1.40. The molecule has 0 aliphatic rings. The molecule has 0 spiro atoms. The van der Waals surface area contributed by atoms with E-state index in [1.54, 1.807) is 29.8 Å². The first-order valence-electron chi connectivity index (χ1n) is 9.58. The molecule has 7 nitrogen and oxygen atoms in total. The fourth-order valence-electron chi connectivity index (χ4n) is 3.10. The van der Waals surface area contributed by atoms with Crippen LogP contribution < -0.4 is 10.6 Å². The van der Waals surface area contributed by atoms with Gasteiger partial charge in [0.15, 0.2) is 5.16 Å². The lowest BCUT2D eigenvalue weighted by atomic mass is 10.1. The second kappa shape index (κ2) is 9.51. The molecule has 168 valence electrons. The summed E-state index contributed by atoms with van der Waals surface area (Å²) >= 11 is 2.75. The standard InChI is InChI=1S/C22H17F2N5O2S2/c1-11(30)26-17-8-12(6-7-25-17)19-20(29-22(28-19)32-2)16-9-13(10-33-16)27-21(31)18-14(23)4-3-5-15(18)24/h3-10H,1-2H3,(H,27,31)(H,28,29)(H,25,26,30). The Morgan fingerprint density at radius 1 is 1.12 bits per heavy atom. The Bertz CT molecular complexity index is 1330. The van der Waals surface area contributed by atoms with Crippen LogP contribution in [0.25, 0.3) is 21.8 Å². The van der Waals surface area contributed by atoms with Crippen LogP contribution in [-0.2, 0) is 4.79 Å². The molecule has 4 rings (SSSR count). The zero-order valence-electron chi connectivity index (χ0n) is 17.4. The number of hydrogen-bond donors (Lipinski definition) is 3. The van der Waals surface area contributed by atoms with Crippen molar-refractivity contribution >= 4 is 46.4 Å². The van der Waals surface area contributed by atoms with Crippen LogP contribution in [-0.4, -0.2) is 33.0 Å². The highest BCUT2D eigenvalue weighted by molar-refractivity contribution is 7.98. The average Bonchev–Trinajstić information content (AvgIpc) is 3.40. The van der Waals surface area contributed by atoms with Gasteiger partial charge in [0.25, 0.3) is 5.91 Å². The van der Waals surface area contributed by atoms with Gasteiger partial charge in [0.2, 0.25) is 5.91 Å². The van der Waals surface area contributed by atoms with Crippen molar-refractivity contribution in [3.05, 3.63) is 65.2 Å². The second-order valence-corrected chi connectivity index (χ2v) is 8.54. The number of hydrogen-bond acceptors (Lipinski definition) is 6. The first-order chi connectivity index (χ1) is 15.9. The second-order valence-electron chi connectivity index (χ2n) is 6.83. The fraction of sp³-hybridized carbons (Fsp3) is 0.0909. The predicted octanol–water partition coefficient (Wildman–Crippen LogP) is 5.41. The van der Waals surface area contributed by atoms with Crippen LogP contribution in [0.3, 0.4) is 0 Å². The van der Waals surface area contributed by atoms with Crippen LogP contribution in [0, 0.1) is 11.6 Å². The zero-order chi connectivity index (χ0) is 23.5. The van der Waals surface area contributed by atoms with Gasteiger partial charge in [0.05, 0.1) is 22.0 Å². The van der Waals surface area contributed by atoms with Gasteiger partial charge in [-0.15, -0.1) is 11.3 Å². The topological polar surface area (TPSA) is 99.8 Å². The third-order valence-electron chi connectivity index (χ3n) is 4.51. The van der Waals surface area contributed by atoms with Gasteiger partial charge in [-0.05, 0) is 36.6 Å². The molecule has 0 atom stereocenters. The maximum atomic E-state index is 13.9. The van der Waals surface area contributed by atoms with Crippen molar-refractivity contribution in [2.45, 2.75) is 12.1 Å².